The summed E-state index contributed by atoms with van der Waals surface area (Å²) in [5.74, 6) is 2.59. The third-order valence-electron chi connectivity index (χ3n) is 5.60. The molecule has 1 aromatic carbocycles. The summed E-state index contributed by atoms with van der Waals surface area (Å²) in [6.45, 7) is 7.47. The largest absolute Gasteiger partial charge is 0.493 e. The van der Waals surface area contributed by atoms with Gasteiger partial charge in [-0.05, 0) is 37.5 Å². The number of imidazole rings is 1. The van der Waals surface area contributed by atoms with Crippen LogP contribution in [0.3, 0.4) is 0 Å². The summed E-state index contributed by atoms with van der Waals surface area (Å²) in [6.07, 6.45) is 3.80. The predicted molar refractivity (Wildman–Crippen MR) is 126 cm³/mol. The Morgan fingerprint density at radius 1 is 1.28 bits per heavy atom. The van der Waals surface area contributed by atoms with Crippen LogP contribution in [0, 0.1) is 0 Å². The van der Waals surface area contributed by atoms with Crippen molar-refractivity contribution in [1.29, 1.82) is 0 Å². The number of H-pyrrole nitrogens is 1. The van der Waals surface area contributed by atoms with Crippen molar-refractivity contribution in [3.05, 3.63) is 41.4 Å². The van der Waals surface area contributed by atoms with Crippen LogP contribution in [0.15, 0.2) is 29.5 Å². The van der Waals surface area contributed by atoms with Crippen molar-refractivity contribution >= 4 is 23.6 Å². The predicted octanol–water partition coefficient (Wildman–Crippen LogP) is 3.57. The first-order valence-electron chi connectivity index (χ1n) is 11.0. The molecule has 9 heteroatoms. The molecule has 0 amide bonds. The molecule has 8 nitrogen and oxygen atoms in total. The Balaban J connectivity index is 0.00000289. The van der Waals surface area contributed by atoms with E-state index in [-0.39, 0.29) is 30.5 Å². The van der Waals surface area contributed by atoms with Gasteiger partial charge in [-0.1, -0.05) is 19.9 Å². The molecular weight excluding hydrogens is 430 g/mol. The molecule has 2 heterocycles. The minimum Gasteiger partial charge on any atom is -0.493 e. The number of aliphatic hydroxyl groups excluding tert-OH is 1. The van der Waals surface area contributed by atoms with E-state index in [1.165, 1.54) is 0 Å². The van der Waals surface area contributed by atoms with Gasteiger partial charge in [-0.15, -0.1) is 12.4 Å². The average Bonchev–Trinajstić information content (AvgIpc) is 3.37. The van der Waals surface area contributed by atoms with Gasteiger partial charge in [-0.2, -0.15) is 0 Å². The Morgan fingerprint density at radius 3 is 2.75 bits per heavy atom. The van der Waals surface area contributed by atoms with Crippen LogP contribution in [0.5, 0.6) is 11.5 Å². The minimum absolute atomic E-state index is 0. The van der Waals surface area contributed by atoms with Crippen molar-refractivity contribution in [1.82, 2.24) is 19.5 Å². The molecule has 1 aliphatic carbocycles. The van der Waals surface area contributed by atoms with Gasteiger partial charge in [0, 0.05) is 18.9 Å². The first-order valence-corrected chi connectivity index (χ1v) is 11.0. The molecule has 2 N–H and O–H groups in total. The number of nitrogens with one attached hydrogen (secondary N) is 1. The maximum absolute atomic E-state index is 9.82. The van der Waals surface area contributed by atoms with Gasteiger partial charge >= 0.3 is 0 Å². The molecule has 4 rings (SSSR count). The van der Waals surface area contributed by atoms with Gasteiger partial charge in [0.05, 0.1) is 26.1 Å². The second-order valence-corrected chi connectivity index (χ2v) is 8.34. The third-order valence-corrected chi connectivity index (χ3v) is 5.60. The van der Waals surface area contributed by atoms with Crippen LogP contribution in [-0.2, 0) is 6.54 Å². The molecule has 1 saturated carbocycles. The van der Waals surface area contributed by atoms with E-state index in [9.17, 15) is 5.11 Å². The van der Waals surface area contributed by atoms with Gasteiger partial charge in [0.25, 0.3) is 0 Å². The van der Waals surface area contributed by atoms with Gasteiger partial charge in [0.1, 0.15) is 17.4 Å². The van der Waals surface area contributed by atoms with E-state index in [0.717, 1.165) is 35.4 Å². The third kappa shape index (κ3) is 5.07. The second-order valence-electron chi connectivity index (χ2n) is 8.34. The van der Waals surface area contributed by atoms with Crippen molar-refractivity contribution in [2.75, 3.05) is 13.7 Å². The molecule has 0 saturated heterocycles. The zero-order valence-corrected chi connectivity index (χ0v) is 19.9. The number of aromatic nitrogens is 4. The van der Waals surface area contributed by atoms with E-state index in [1.807, 2.05) is 29.7 Å². The van der Waals surface area contributed by atoms with Gasteiger partial charge in [0.2, 0.25) is 0 Å². The Hall–Kier alpha value is -2.58. The number of rotatable bonds is 7. The lowest BCUT2D eigenvalue weighted by atomic mass is 10.2. The maximum atomic E-state index is 9.82. The number of nitrogens with zero attached hydrogens (tertiary/aromatic N) is 4. The summed E-state index contributed by atoms with van der Waals surface area (Å²) in [7, 11) is 1.64. The van der Waals surface area contributed by atoms with Crippen LogP contribution in [0.4, 0.5) is 0 Å². The van der Waals surface area contributed by atoms with Crippen LogP contribution in [0.2, 0.25) is 0 Å². The Kier molecular flexibility index (Phi) is 7.79. The number of hydrogen-bond acceptors (Lipinski definition) is 6. The quantitative estimate of drug-likeness (QED) is 0.560. The molecule has 32 heavy (non-hydrogen) atoms. The number of fused-ring (bicyclic) bond motifs is 1. The van der Waals surface area contributed by atoms with E-state index in [1.54, 1.807) is 13.4 Å². The first-order chi connectivity index (χ1) is 15.0. The Labute approximate surface area is 194 Å². The monoisotopic (exact) mass is 461 g/mol. The number of aliphatic hydroxyl groups is 1. The first kappa shape index (κ1) is 24.1. The molecule has 2 unspecified atom stereocenters. The molecule has 0 spiro atoms. The van der Waals surface area contributed by atoms with E-state index < -0.39 is 0 Å². The minimum atomic E-state index is -0.282. The van der Waals surface area contributed by atoms with Gasteiger partial charge in [0.15, 0.2) is 22.6 Å². The van der Waals surface area contributed by atoms with Crippen molar-refractivity contribution in [3.8, 4) is 11.5 Å². The normalized spacial score (nSPS) is 18.9. The summed E-state index contributed by atoms with van der Waals surface area (Å²) in [6, 6.07) is 5.95. The van der Waals surface area contributed by atoms with Crippen LogP contribution in [-0.4, -0.2) is 50.5 Å². The Morgan fingerprint density at radius 2 is 2.09 bits per heavy atom. The molecule has 3 aromatic rings. The molecule has 1 fully saturated rings. The standard InChI is InChI=1S/C23H31N5O3.ClH/c1-5-24-22-20-23(27-21(26-20)14(2)3)28(13-25-22)12-15-6-9-18(30-4)19(10-15)31-17-8-7-16(29)11-17;/h6,9-10,13-14,16-17,29H,5,7-8,11-12H2,1-4H3,(H,26,27);1H. The summed E-state index contributed by atoms with van der Waals surface area (Å²) >= 11 is 0. The molecule has 0 bridgehead atoms. The number of benzene rings is 1. The van der Waals surface area contributed by atoms with Crippen molar-refractivity contribution in [2.45, 2.75) is 64.7 Å². The highest BCUT2D eigenvalue weighted by atomic mass is 35.5. The SMILES string of the molecule is CCN=c1ncn(Cc2ccc(OC)c(OC3CCC(O)C3)c2)c2nc(C(C)C)[nH]c12.Cl. The molecule has 0 radical (unpaired) electrons. The lowest BCUT2D eigenvalue weighted by molar-refractivity contribution is 0.147. The molecule has 2 atom stereocenters. The topological polar surface area (TPSA) is 97.6 Å². The number of halogens is 1. The zero-order chi connectivity index (χ0) is 22.0. The highest BCUT2D eigenvalue weighted by molar-refractivity contribution is 5.85. The Bertz CT molecular complexity index is 1120. The maximum Gasteiger partial charge on any atom is 0.176 e. The van der Waals surface area contributed by atoms with Gasteiger partial charge < -0.3 is 24.1 Å². The summed E-state index contributed by atoms with van der Waals surface area (Å²) < 4.78 is 13.7. The number of ether oxygens (including phenoxy) is 2. The lowest BCUT2D eigenvalue weighted by Crippen LogP contribution is -2.16. The highest BCUT2D eigenvalue weighted by Crippen LogP contribution is 2.33. The summed E-state index contributed by atoms with van der Waals surface area (Å²) in [5, 5.41) is 9.82. The summed E-state index contributed by atoms with van der Waals surface area (Å²) in [5.41, 5.74) is 3.43. The fourth-order valence-corrected chi connectivity index (χ4v) is 3.96. The van der Waals surface area contributed by atoms with Crippen LogP contribution < -0.4 is 15.0 Å². The molecule has 0 aliphatic heterocycles. The van der Waals surface area contributed by atoms with Crippen molar-refractivity contribution in [3.63, 3.8) is 0 Å². The second kappa shape index (κ2) is 10.4. The fraction of sp³-hybridized carbons (Fsp3) is 0.522. The van der Waals surface area contributed by atoms with Crippen LogP contribution >= 0.6 is 12.4 Å². The smallest absolute Gasteiger partial charge is 0.176 e. The fourth-order valence-electron chi connectivity index (χ4n) is 3.96. The van der Waals surface area contributed by atoms with Crippen LogP contribution in [0.25, 0.3) is 11.2 Å². The average molecular weight is 462 g/mol. The lowest BCUT2D eigenvalue weighted by Gasteiger charge is -2.17. The molecular formula is C23H32ClN5O3. The zero-order valence-electron chi connectivity index (χ0n) is 19.0. The van der Waals surface area contributed by atoms with E-state index in [0.29, 0.717) is 36.5 Å². The number of hydrogen-bond donors (Lipinski definition) is 2. The van der Waals surface area contributed by atoms with Gasteiger partial charge in [-0.3, -0.25) is 4.99 Å². The van der Waals surface area contributed by atoms with Crippen molar-refractivity contribution in [2.24, 2.45) is 4.99 Å². The molecule has 1 aliphatic rings. The number of methoxy groups -OCH3 is 1. The van der Waals surface area contributed by atoms with E-state index in [4.69, 9.17) is 14.5 Å². The summed E-state index contributed by atoms with van der Waals surface area (Å²) in [4.78, 5) is 17.3. The highest BCUT2D eigenvalue weighted by Gasteiger charge is 2.25. The van der Waals surface area contributed by atoms with Crippen molar-refractivity contribution < 1.29 is 14.6 Å². The molecule has 174 valence electrons. The molecule has 2 aromatic heterocycles. The van der Waals surface area contributed by atoms with E-state index in [2.05, 4.69) is 28.8 Å². The van der Waals surface area contributed by atoms with Gasteiger partial charge in [-0.25, -0.2) is 9.97 Å². The van der Waals surface area contributed by atoms with Crippen LogP contribution in [0.1, 0.15) is 57.3 Å². The number of aromatic amines is 1. The van der Waals surface area contributed by atoms with E-state index >= 15 is 0 Å².